The molecule has 0 aliphatic heterocycles. The van der Waals surface area contributed by atoms with E-state index in [4.69, 9.17) is 5.11 Å². The summed E-state index contributed by atoms with van der Waals surface area (Å²) < 4.78 is 38.8. The average Bonchev–Trinajstić information content (AvgIpc) is 2.84. The monoisotopic (exact) mass is 302 g/mol. The lowest BCUT2D eigenvalue weighted by atomic mass is 10.2. The smallest absolute Gasteiger partial charge is 0.418 e. The summed E-state index contributed by atoms with van der Waals surface area (Å²) in [5, 5.41) is 19.2. The predicted molar refractivity (Wildman–Crippen MR) is 60.0 cm³/mol. The van der Waals surface area contributed by atoms with Gasteiger partial charge in [0.15, 0.2) is 0 Å². The fourth-order valence-electron chi connectivity index (χ4n) is 1.51. The third-order valence-corrected chi connectivity index (χ3v) is 2.43. The summed E-state index contributed by atoms with van der Waals surface area (Å²) in [4.78, 5) is 27.5. The van der Waals surface area contributed by atoms with Crippen LogP contribution >= 0.6 is 0 Å². The van der Waals surface area contributed by atoms with E-state index in [9.17, 15) is 28.1 Å². The van der Waals surface area contributed by atoms with E-state index in [-0.39, 0.29) is 5.95 Å². The van der Waals surface area contributed by atoms with Gasteiger partial charge < -0.3 is 5.11 Å². The van der Waals surface area contributed by atoms with Crippen LogP contribution in [0.15, 0.2) is 24.8 Å². The van der Waals surface area contributed by atoms with Crippen molar-refractivity contribution < 1.29 is 28.0 Å². The second-order valence-electron chi connectivity index (χ2n) is 3.79. The highest BCUT2D eigenvalue weighted by atomic mass is 19.4. The summed E-state index contributed by atoms with van der Waals surface area (Å²) >= 11 is 0. The molecule has 0 fully saturated rings. The van der Waals surface area contributed by atoms with Crippen molar-refractivity contribution in [2.75, 3.05) is 0 Å². The predicted octanol–water partition coefficient (Wildman–Crippen LogP) is 1.89. The van der Waals surface area contributed by atoms with Gasteiger partial charge in [0.05, 0.1) is 16.1 Å². The Hall–Kier alpha value is -2.98. The zero-order valence-corrected chi connectivity index (χ0v) is 9.90. The van der Waals surface area contributed by atoms with Crippen molar-refractivity contribution in [1.82, 2.24) is 14.5 Å². The summed E-state index contributed by atoms with van der Waals surface area (Å²) in [5.74, 6) is -2.08. The molecule has 11 heteroatoms. The van der Waals surface area contributed by atoms with E-state index in [2.05, 4.69) is 9.97 Å². The molecule has 1 N–H and O–H groups in total. The van der Waals surface area contributed by atoms with Crippen LogP contribution in [0.4, 0.5) is 18.9 Å². The number of carbonyl (C=O) groups is 1. The molecular weight excluding hydrogens is 297 g/mol. The van der Waals surface area contributed by atoms with Crippen LogP contribution in [-0.4, -0.2) is 30.5 Å². The maximum atomic E-state index is 12.7. The number of rotatable bonds is 3. The Morgan fingerprint density at radius 2 is 1.86 bits per heavy atom. The summed E-state index contributed by atoms with van der Waals surface area (Å²) in [5.41, 5.74) is -2.78. The quantitative estimate of drug-likeness (QED) is 0.684. The summed E-state index contributed by atoms with van der Waals surface area (Å²) in [6.07, 6.45) is -2.07. The van der Waals surface area contributed by atoms with E-state index < -0.39 is 33.9 Å². The Labute approximate surface area is 113 Å². The molecule has 0 radical (unpaired) electrons. The lowest BCUT2D eigenvalue weighted by molar-refractivity contribution is -0.385. The zero-order chi connectivity index (χ0) is 15.8. The highest BCUT2D eigenvalue weighted by molar-refractivity contribution is 5.89. The van der Waals surface area contributed by atoms with Crippen LogP contribution in [-0.2, 0) is 6.18 Å². The number of hydrogen-bond donors (Lipinski definition) is 1. The second-order valence-corrected chi connectivity index (χ2v) is 3.79. The molecule has 0 bridgehead atoms. The van der Waals surface area contributed by atoms with Gasteiger partial charge in [0, 0.05) is 12.4 Å². The van der Waals surface area contributed by atoms with Crippen LogP contribution in [0.2, 0.25) is 0 Å². The summed E-state index contributed by atoms with van der Waals surface area (Å²) in [6.45, 7) is 0. The maximum Gasteiger partial charge on any atom is 0.418 e. The second kappa shape index (κ2) is 4.85. The normalized spacial score (nSPS) is 11.4. The number of hydrogen-bond acceptors (Lipinski definition) is 5. The number of carboxylic acid groups (broad SMARTS) is 1. The number of nitro groups is 1. The van der Waals surface area contributed by atoms with Gasteiger partial charge in [-0.2, -0.15) is 13.2 Å². The van der Waals surface area contributed by atoms with Crippen LogP contribution < -0.4 is 0 Å². The average molecular weight is 302 g/mol. The Bertz CT molecular complexity index is 708. The maximum absolute atomic E-state index is 12.7. The van der Waals surface area contributed by atoms with Gasteiger partial charge in [0.2, 0.25) is 5.95 Å². The minimum Gasteiger partial charge on any atom is -0.478 e. The number of alkyl halides is 3. The van der Waals surface area contributed by atoms with Crippen LogP contribution in [0.5, 0.6) is 0 Å². The van der Waals surface area contributed by atoms with Crippen molar-refractivity contribution in [3.63, 3.8) is 0 Å². The van der Waals surface area contributed by atoms with Crippen LogP contribution in [0, 0.1) is 10.1 Å². The van der Waals surface area contributed by atoms with Crippen molar-refractivity contribution in [3.05, 3.63) is 46.0 Å². The van der Waals surface area contributed by atoms with Gasteiger partial charge >= 0.3 is 17.8 Å². The first-order valence-corrected chi connectivity index (χ1v) is 5.19. The molecule has 0 aromatic carbocycles. The zero-order valence-electron chi connectivity index (χ0n) is 9.90. The molecule has 2 heterocycles. The van der Waals surface area contributed by atoms with Crippen molar-refractivity contribution in [2.45, 2.75) is 6.18 Å². The van der Waals surface area contributed by atoms with Gasteiger partial charge in [-0.25, -0.2) is 14.8 Å². The number of halogens is 3. The van der Waals surface area contributed by atoms with Crippen molar-refractivity contribution in [3.8, 4) is 5.95 Å². The molecule has 0 saturated carbocycles. The lowest BCUT2D eigenvalue weighted by Crippen LogP contribution is -2.09. The van der Waals surface area contributed by atoms with Crippen LogP contribution in [0.25, 0.3) is 5.95 Å². The van der Waals surface area contributed by atoms with Crippen LogP contribution in [0.3, 0.4) is 0 Å². The first-order valence-electron chi connectivity index (χ1n) is 5.19. The van der Waals surface area contributed by atoms with Gasteiger partial charge in [-0.05, 0) is 0 Å². The number of carboxylic acids is 1. The standard InChI is InChI=1S/C10H5F3N4O4/c11-10(12,13)7-4-16(3-6(7)8(18)19)9-14-1-5(2-15-9)17(20)21/h1-4H,(H,18,19). The molecule has 0 unspecified atom stereocenters. The molecule has 0 aliphatic rings. The fourth-order valence-corrected chi connectivity index (χ4v) is 1.51. The molecule has 0 aliphatic carbocycles. The molecule has 0 saturated heterocycles. The fraction of sp³-hybridized carbons (Fsp3) is 0.100. The Morgan fingerprint density at radius 3 is 2.24 bits per heavy atom. The Morgan fingerprint density at radius 1 is 1.29 bits per heavy atom. The molecule has 0 amide bonds. The lowest BCUT2D eigenvalue weighted by Gasteiger charge is -2.04. The van der Waals surface area contributed by atoms with Gasteiger partial charge in [-0.1, -0.05) is 0 Å². The van der Waals surface area contributed by atoms with Gasteiger partial charge in [-0.3, -0.25) is 14.7 Å². The highest BCUT2D eigenvalue weighted by Crippen LogP contribution is 2.33. The van der Waals surface area contributed by atoms with Crippen molar-refractivity contribution in [1.29, 1.82) is 0 Å². The molecule has 2 aromatic heterocycles. The Balaban J connectivity index is 2.50. The number of nitrogens with zero attached hydrogens (tertiary/aromatic N) is 4. The number of aromatic carboxylic acids is 1. The first-order chi connectivity index (χ1) is 9.70. The minimum absolute atomic E-state index is 0.321. The SMILES string of the molecule is O=C(O)c1cn(-c2ncc([N+](=O)[O-])cn2)cc1C(F)(F)F. The van der Waals surface area contributed by atoms with E-state index in [1.54, 1.807) is 0 Å². The van der Waals surface area contributed by atoms with E-state index in [0.29, 0.717) is 12.4 Å². The van der Waals surface area contributed by atoms with E-state index >= 15 is 0 Å². The summed E-state index contributed by atoms with van der Waals surface area (Å²) in [6, 6.07) is 0. The topological polar surface area (TPSA) is 111 Å². The van der Waals surface area contributed by atoms with Gasteiger partial charge in [0.1, 0.15) is 12.4 Å². The molecule has 110 valence electrons. The molecular formula is C10H5F3N4O4. The number of aromatic nitrogens is 3. The molecule has 0 spiro atoms. The molecule has 8 nitrogen and oxygen atoms in total. The van der Waals surface area contributed by atoms with E-state index in [1.165, 1.54) is 0 Å². The largest absolute Gasteiger partial charge is 0.478 e. The van der Waals surface area contributed by atoms with Crippen molar-refractivity contribution in [2.24, 2.45) is 0 Å². The van der Waals surface area contributed by atoms with Crippen molar-refractivity contribution >= 4 is 11.7 Å². The molecule has 2 aromatic rings. The van der Waals surface area contributed by atoms with E-state index in [1.807, 2.05) is 0 Å². The Kier molecular flexibility index (Phi) is 3.33. The van der Waals surface area contributed by atoms with Crippen LogP contribution in [0.1, 0.15) is 15.9 Å². The van der Waals surface area contributed by atoms with Gasteiger partial charge in [-0.15, -0.1) is 0 Å². The third kappa shape index (κ3) is 2.80. The molecule has 21 heavy (non-hydrogen) atoms. The van der Waals surface area contributed by atoms with E-state index in [0.717, 1.165) is 17.0 Å². The molecule has 2 rings (SSSR count). The first kappa shape index (κ1) is 14.4. The van der Waals surface area contributed by atoms with Gasteiger partial charge in [0.25, 0.3) is 0 Å². The minimum atomic E-state index is -4.86. The highest BCUT2D eigenvalue weighted by Gasteiger charge is 2.37. The third-order valence-electron chi connectivity index (χ3n) is 2.43. The summed E-state index contributed by atoms with van der Waals surface area (Å²) in [7, 11) is 0. The molecule has 0 atom stereocenters.